The molecule has 0 spiro atoms. The Morgan fingerprint density at radius 2 is 1.82 bits per heavy atom. The quantitative estimate of drug-likeness (QED) is 0.794. The van der Waals surface area contributed by atoms with Gasteiger partial charge in [-0.1, -0.05) is 23.4 Å². The second kappa shape index (κ2) is 8.54. The van der Waals surface area contributed by atoms with Crippen LogP contribution in [0.15, 0.2) is 34.9 Å². The van der Waals surface area contributed by atoms with Gasteiger partial charge in [-0.25, -0.2) is 0 Å². The van der Waals surface area contributed by atoms with Crippen molar-refractivity contribution >= 4 is 11.8 Å². The van der Waals surface area contributed by atoms with Crippen LogP contribution in [0.3, 0.4) is 0 Å². The zero-order valence-corrected chi connectivity index (χ0v) is 16.0. The normalized spacial score (nSPS) is 19.8. The van der Waals surface area contributed by atoms with E-state index in [0.717, 1.165) is 38.8 Å². The molecule has 7 heteroatoms. The van der Waals surface area contributed by atoms with E-state index in [2.05, 4.69) is 10.1 Å². The van der Waals surface area contributed by atoms with Gasteiger partial charge in [-0.3, -0.25) is 9.59 Å². The highest BCUT2D eigenvalue weighted by Crippen LogP contribution is 2.31. The van der Waals surface area contributed by atoms with Gasteiger partial charge in [0.15, 0.2) is 5.82 Å². The Balaban J connectivity index is 1.37. The summed E-state index contributed by atoms with van der Waals surface area (Å²) in [5.74, 6) is 1.16. The third-order valence-corrected chi connectivity index (χ3v) is 5.58. The van der Waals surface area contributed by atoms with Gasteiger partial charge in [0.2, 0.25) is 11.8 Å². The molecule has 0 saturated carbocycles. The molecular formula is C21H26N4O3. The number of nitrogens with zero attached hydrogens (tertiary/aromatic N) is 4. The minimum atomic E-state index is -0.164. The largest absolute Gasteiger partial charge is 0.343 e. The van der Waals surface area contributed by atoms with Gasteiger partial charge < -0.3 is 14.3 Å². The van der Waals surface area contributed by atoms with Crippen molar-refractivity contribution in [3.05, 3.63) is 47.6 Å². The SMILES string of the molecule is O=C(CCc1nc(C2CCCN2C(=O)c2ccccc2)no1)N1CCCCC1. The van der Waals surface area contributed by atoms with Crippen molar-refractivity contribution in [2.45, 2.75) is 51.0 Å². The molecule has 2 aromatic rings. The molecule has 2 amide bonds. The van der Waals surface area contributed by atoms with Gasteiger partial charge in [-0.2, -0.15) is 4.98 Å². The lowest BCUT2D eigenvalue weighted by Crippen LogP contribution is -2.35. The van der Waals surface area contributed by atoms with E-state index >= 15 is 0 Å². The van der Waals surface area contributed by atoms with Gasteiger partial charge >= 0.3 is 0 Å². The van der Waals surface area contributed by atoms with E-state index in [-0.39, 0.29) is 17.9 Å². The molecule has 4 rings (SSSR count). The molecule has 1 aromatic heterocycles. The summed E-state index contributed by atoms with van der Waals surface area (Å²) < 4.78 is 5.38. The third-order valence-electron chi connectivity index (χ3n) is 5.58. The molecule has 28 heavy (non-hydrogen) atoms. The predicted molar refractivity (Wildman–Crippen MR) is 103 cm³/mol. The van der Waals surface area contributed by atoms with Crippen LogP contribution < -0.4 is 0 Å². The van der Waals surface area contributed by atoms with Crippen LogP contribution in [0.4, 0.5) is 0 Å². The lowest BCUT2D eigenvalue weighted by Gasteiger charge is -2.26. The monoisotopic (exact) mass is 382 g/mol. The van der Waals surface area contributed by atoms with E-state index in [1.54, 1.807) is 0 Å². The van der Waals surface area contributed by atoms with Crippen LogP contribution in [0, 0.1) is 0 Å². The number of hydrogen-bond acceptors (Lipinski definition) is 5. The first-order valence-corrected chi connectivity index (χ1v) is 10.2. The molecule has 1 aromatic carbocycles. The Morgan fingerprint density at radius 1 is 1.04 bits per heavy atom. The summed E-state index contributed by atoms with van der Waals surface area (Å²) in [5, 5.41) is 4.11. The minimum absolute atomic E-state index is 0.00488. The number of aryl methyl sites for hydroxylation is 1. The number of rotatable bonds is 5. The summed E-state index contributed by atoms with van der Waals surface area (Å²) in [6.45, 7) is 2.40. The van der Waals surface area contributed by atoms with Gasteiger partial charge in [0, 0.05) is 38.0 Å². The molecule has 2 aliphatic rings. The van der Waals surface area contributed by atoms with Crippen molar-refractivity contribution in [2.75, 3.05) is 19.6 Å². The average Bonchev–Trinajstić information content (AvgIpc) is 3.42. The fourth-order valence-corrected chi connectivity index (χ4v) is 4.04. The van der Waals surface area contributed by atoms with Gasteiger partial charge in [-0.15, -0.1) is 0 Å². The zero-order chi connectivity index (χ0) is 19.3. The fraction of sp³-hybridized carbons (Fsp3) is 0.524. The Kier molecular flexibility index (Phi) is 5.69. The number of carbonyl (C=O) groups is 2. The molecule has 1 unspecified atom stereocenters. The summed E-state index contributed by atoms with van der Waals surface area (Å²) in [4.78, 5) is 33.4. The highest BCUT2D eigenvalue weighted by molar-refractivity contribution is 5.94. The Bertz CT molecular complexity index is 814. The predicted octanol–water partition coefficient (Wildman–Crippen LogP) is 2.99. The topological polar surface area (TPSA) is 79.5 Å². The maximum Gasteiger partial charge on any atom is 0.254 e. The summed E-state index contributed by atoms with van der Waals surface area (Å²) in [5.41, 5.74) is 0.672. The fourth-order valence-electron chi connectivity index (χ4n) is 4.04. The molecule has 1 atom stereocenters. The minimum Gasteiger partial charge on any atom is -0.343 e. The zero-order valence-electron chi connectivity index (χ0n) is 16.0. The molecular weight excluding hydrogens is 356 g/mol. The number of aromatic nitrogens is 2. The van der Waals surface area contributed by atoms with Gasteiger partial charge in [0.25, 0.3) is 5.91 Å². The van der Waals surface area contributed by atoms with Crippen LogP contribution in [0.2, 0.25) is 0 Å². The van der Waals surface area contributed by atoms with Crippen LogP contribution in [0.1, 0.15) is 66.6 Å². The summed E-state index contributed by atoms with van der Waals surface area (Å²) in [6, 6.07) is 9.11. The van der Waals surface area contributed by atoms with Crippen LogP contribution >= 0.6 is 0 Å². The first-order chi connectivity index (χ1) is 13.7. The molecule has 0 radical (unpaired) electrons. The third kappa shape index (κ3) is 4.08. The number of hydrogen-bond donors (Lipinski definition) is 0. The second-order valence-electron chi connectivity index (χ2n) is 7.51. The first kappa shape index (κ1) is 18.7. The van der Waals surface area contributed by atoms with Crippen molar-refractivity contribution in [3.8, 4) is 0 Å². The van der Waals surface area contributed by atoms with Crippen molar-refractivity contribution in [1.29, 1.82) is 0 Å². The molecule has 7 nitrogen and oxygen atoms in total. The smallest absolute Gasteiger partial charge is 0.254 e. The van der Waals surface area contributed by atoms with Crippen LogP contribution in [-0.2, 0) is 11.2 Å². The van der Waals surface area contributed by atoms with E-state index in [1.807, 2.05) is 40.1 Å². The molecule has 0 N–H and O–H groups in total. The van der Waals surface area contributed by atoms with Crippen molar-refractivity contribution < 1.29 is 14.1 Å². The lowest BCUT2D eigenvalue weighted by atomic mass is 10.1. The molecule has 2 saturated heterocycles. The van der Waals surface area contributed by atoms with Crippen molar-refractivity contribution in [1.82, 2.24) is 19.9 Å². The van der Waals surface area contributed by atoms with E-state index in [4.69, 9.17) is 4.52 Å². The maximum absolute atomic E-state index is 12.8. The Morgan fingerprint density at radius 3 is 2.61 bits per heavy atom. The molecule has 2 aliphatic heterocycles. The number of carbonyl (C=O) groups excluding carboxylic acids is 2. The van der Waals surface area contributed by atoms with E-state index < -0.39 is 0 Å². The van der Waals surface area contributed by atoms with E-state index in [9.17, 15) is 9.59 Å². The van der Waals surface area contributed by atoms with Crippen molar-refractivity contribution in [2.24, 2.45) is 0 Å². The molecule has 0 bridgehead atoms. The standard InChI is InChI=1S/C21H26N4O3/c26-19(24-13-5-2-6-14-24)12-11-18-22-20(23-28-18)17-10-7-15-25(17)21(27)16-8-3-1-4-9-16/h1,3-4,8-9,17H,2,5-7,10-15H2. The maximum atomic E-state index is 12.8. The lowest BCUT2D eigenvalue weighted by molar-refractivity contribution is -0.132. The van der Waals surface area contributed by atoms with E-state index in [0.29, 0.717) is 36.7 Å². The van der Waals surface area contributed by atoms with Crippen molar-refractivity contribution in [3.63, 3.8) is 0 Å². The first-order valence-electron chi connectivity index (χ1n) is 10.2. The summed E-state index contributed by atoms with van der Waals surface area (Å²) in [6.07, 6.45) is 5.95. The van der Waals surface area contributed by atoms with Crippen LogP contribution in [0.25, 0.3) is 0 Å². The van der Waals surface area contributed by atoms with Gasteiger partial charge in [0.05, 0.1) is 6.04 Å². The highest BCUT2D eigenvalue weighted by atomic mass is 16.5. The molecule has 148 valence electrons. The highest BCUT2D eigenvalue weighted by Gasteiger charge is 2.34. The van der Waals surface area contributed by atoms with Crippen LogP contribution in [0.5, 0.6) is 0 Å². The summed E-state index contributed by atoms with van der Waals surface area (Å²) in [7, 11) is 0. The average molecular weight is 382 g/mol. The number of amides is 2. The number of benzene rings is 1. The van der Waals surface area contributed by atoms with E-state index in [1.165, 1.54) is 6.42 Å². The molecule has 0 aliphatic carbocycles. The Hall–Kier alpha value is -2.70. The number of likely N-dealkylation sites (tertiary alicyclic amines) is 2. The Labute approximate surface area is 164 Å². The number of piperidine rings is 1. The second-order valence-corrected chi connectivity index (χ2v) is 7.51. The summed E-state index contributed by atoms with van der Waals surface area (Å²) >= 11 is 0. The van der Waals surface area contributed by atoms with Gasteiger partial charge in [0.1, 0.15) is 0 Å². The van der Waals surface area contributed by atoms with Crippen LogP contribution in [-0.4, -0.2) is 51.4 Å². The molecule has 3 heterocycles. The molecule has 2 fully saturated rings. The van der Waals surface area contributed by atoms with Gasteiger partial charge in [-0.05, 0) is 44.2 Å².